The van der Waals surface area contributed by atoms with Gasteiger partial charge in [-0.3, -0.25) is 0 Å². The number of aliphatic hydroxyl groups excluding tert-OH is 1. The molecule has 6 heteroatoms. The summed E-state index contributed by atoms with van der Waals surface area (Å²) < 4.78 is 0. The Morgan fingerprint density at radius 2 is 2.00 bits per heavy atom. The van der Waals surface area contributed by atoms with Crippen LogP contribution in [0.5, 0.6) is 0 Å². The van der Waals surface area contributed by atoms with Crippen molar-refractivity contribution < 1.29 is 19.8 Å². The molecule has 0 aromatic heterocycles. The molecule has 0 saturated carbocycles. The van der Waals surface area contributed by atoms with E-state index in [1.165, 1.54) is 5.56 Å². The third-order valence-electron chi connectivity index (χ3n) is 3.42. The highest BCUT2D eigenvalue weighted by molar-refractivity contribution is 5.82. The maximum atomic E-state index is 12.1. The van der Waals surface area contributed by atoms with E-state index < -0.39 is 24.6 Å². The van der Waals surface area contributed by atoms with Crippen LogP contribution >= 0.6 is 0 Å². The molecule has 108 valence electrons. The first-order valence-corrected chi connectivity index (χ1v) is 6.57. The van der Waals surface area contributed by atoms with Crippen molar-refractivity contribution in [1.82, 2.24) is 10.2 Å². The van der Waals surface area contributed by atoms with Crippen LogP contribution < -0.4 is 5.32 Å². The average molecular weight is 278 g/mol. The summed E-state index contributed by atoms with van der Waals surface area (Å²) in [5.74, 6) is -1.24. The van der Waals surface area contributed by atoms with E-state index in [1.807, 2.05) is 24.3 Å². The van der Waals surface area contributed by atoms with Gasteiger partial charge in [-0.2, -0.15) is 0 Å². The first-order chi connectivity index (χ1) is 9.61. The Hall–Kier alpha value is -2.08. The third-order valence-corrected chi connectivity index (χ3v) is 3.42. The number of carboxylic acids is 1. The van der Waals surface area contributed by atoms with Crippen molar-refractivity contribution in [3.8, 4) is 0 Å². The number of carbonyl (C=O) groups excluding carboxylic acids is 1. The molecule has 1 aromatic carbocycles. The third kappa shape index (κ3) is 3.27. The summed E-state index contributed by atoms with van der Waals surface area (Å²) in [5.41, 5.74) is 2.30. The number of hydrogen-bond donors (Lipinski definition) is 3. The maximum absolute atomic E-state index is 12.1. The number of aryl methyl sites for hydroxylation is 1. The van der Waals surface area contributed by atoms with Crippen molar-refractivity contribution in [2.75, 3.05) is 13.2 Å². The van der Waals surface area contributed by atoms with Gasteiger partial charge < -0.3 is 20.4 Å². The van der Waals surface area contributed by atoms with Crippen molar-refractivity contribution in [1.29, 1.82) is 0 Å². The number of carbonyl (C=O) groups is 2. The van der Waals surface area contributed by atoms with Crippen molar-refractivity contribution in [2.45, 2.75) is 25.4 Å². The topological polar surface area (TPSA) is 89.9 Å². The number of hydrogen-bond acceptors (Lipinski definition) is 3. The first-order valence-electron chi connectivity index (χ1n) is 6.57. The Labute approximate surface area is 117 Å². The number of rotatable bonds is 3. The second-order valence-corrected chi connectivity index (χ2v) is 4.82. The number of nitrogens with one attached hydrogen (secondary N) is 1. The Bertz CT molecular complexity index is 504. The van der Waals surface area contributed by atoms with Gasteiger partial charge in [-0.25, -0.2) is 9.59 Å². The van der Waals surface area contributed by atoms with Crippen LogP contribution in [0.3, 0.4) is 0 Å². The molecule has 0 unspecified atom stereocenters. The standard InChI is InChI=1S/C14H18N2O4/c17-9-12(13(18)19)15-14(20)16-7-3-6-10-4-1-2-5-11(10)8-16/h1-2,4-5,12,17H,3,6-9H2,(H,15,20)(H,18,19)/t12-/m0/s1. The van der Waals surface area contributed by atoms with Gasteiger partial charge in [0.1, 0.15) is 0 Å². The number of aliphatic carboxylic acids is 1. The molecule has 1 aromatic rings. The zero-order valence-corrected chi connectivity index (χ0v) is 11.1. The fraction of sp³-hybridized carbons (Fsp3) is 0.429. The van der Waals surface area contributed by atoms with E-state index >= 15 is 0 Å². The number of aliphatic hydroxyl groups is 1. The van der Waals surface area contributed by atoms with Crippen molar-refractivity contribution in [3.63, 3.8) is 0 Å². The van der Waals surface area contributed by atoms with Crippen LogP contribution in [0.4, 0.5) is 4.79 Å². The molecule has 1 aliphatic rings. The summed E-state index contributed by atoms with van der Waals surface area (Å²) in [6.45, 7) is 0.406. The minimum Gasteiger partial charge on any atom is -0.480 e. The largest absolute Gasteiger partial charge is 0.480 e. The molecule has 2 rings (SSSR count). The lowest BCUT2D eigenvalue weighted by Crippen LogP contribution is -2.49. The second kappa shape index (κ2) is 6.38. The average Bonchev–Trinajstić information content (AvgIpc) is 2.66. The number of amides is 2. The Kier molecular flexibility index (Phi) is 4.57. The number of urea groups is 1. The van der Waals surface area contributed by atoms with E-state index in [9.17, 15) is 9.59 Å². The van der Waals surface area contributed by atoms with Crippen molar-refractivity contribution in [3.05, 3.63) is 35.4 Å². The summed E-state index contributed by atoms with van der Waals surface area (Å²) >= 11 is 0. The van der Waals surface area contributed by atoms with Crippen LogP contribution in [-0.4, -0.2) is 46.3 Å². The van der Waals surface area contributed by atoms with Gasteiger partial charge in [-0.05, 0) is 24.0 Å². The molecule has 20 heavy (non-hydrogen) atoms. The van der Waals surface area contributed by atoms with Gasteiger partial charge in [-0.1, -0.05) is 24.3 Å². The molecule has 6 nitrogen and oxygen atoms in total. The summed E-state index contributed by atoms with van der Waals surface area (Å²) in [7, 11) is 0. The number of carboxylic acid groups (broad SMARTS) is 1. The van der Waals surface area contributed by atoms with Gasteiger partial charge in [0.25, 0.3) is 0 Å². The summed E-state index contributed by atoms with van der Waals surface area (Å²) in [6, 6.07) is 6.20. The summed E-state index contributed by atoms with van der Waals surface area (Å²) in [6.07, 6.45) is 1.74. The lowest BCUT2D eigenvalue weighted by molar-refractivity contribution is -0.140. The normalized spacial score (nSPS) is 15.9. The minimum atomic E-state index is -1.26. The monoisotopic (exact) mass is 278 g/mol. The van der Waals surface area contributed by atoms with E-state index in [4.69, 9.17) is 10.2 Å². The van der Waals surface area contributed by atoms with E-state index in [-0.39, 0.29) is 0 Å². The molecule has 1 aliphatic heterocycles. The molecule has 0 fully saturated rings. The van der Waals surface area contributed by atoms with Crippen LogP contribution in [-0.2, 0) is 17.8 Å². The SMILES string of the molecule is O=C(O)[C@H](CO)NC(=O)N1CCCc2ccccc2C1. The van der Waals surface area contributed by atoms with Crippen molar-refractivity contribution >= 4 is 12.0 Å². The predicted molar refractivity (Wildman–Crippen MR) is 72.2 cm³/mol. The van der Waals surface area contributed by atoms with Gasteiger partial charge in [0.05, 0.1) is 6.61 Å². The number of nitrogens with zero attached hydrogens (tertiary/aromatic N) is 1. The zero-order valence-electron chi connectivity index (χ0n) is 11.1. The van der Waals surface area contributed by atoms with Crippen LogP contribution in [0.1, 0.15) is 17.5 Å². The Morgan fingerprint density at radius 1 is 1.30 bits per heavy atom. The minimum absolute atomic E-state index is 0.455. The van der Waals surface area contributed by atoms with Gasteiger partial charge >= 0.3 is 12.0 Å². The van der Waals surface area contributed by atoms with E-state index in [0.29, 0.717) is 13.1 Å². The Balaban J connectivity index is 2.06. The first kappa shape index (κ1) is 14.3. The van der Waals surface area contributed by atoms with Gasteiger partial charge in [0, 0.05) is 13.1 Å². The van der Waals surface area contributed by atoms with E-state index in [1.54, 1.807) is 4.90 Å². The molecule has 0 spiro atoms. The molecular weight excluding hydrogens is 260 g/mol. The highest BCUT2D eigenvalue weighted by Crippen LogP contribution is 2.18. The zero-order chi connectivity index (χ0) is 14.5. The van der Waals surface area contributed by atoms with E-state index in [0.717, 1.165) is 18.4 Å². The lowest BCUT2D eigenvalue weighted by atomic mass is 10.0. The van der Waals surface area contributed by atoms with E-state index in [2.05, 4.69) is 5.32 Å². The van der Waals surface area contributed by atoms with Gasteiger partial charge in [0.2, 0.25) is 0 Å². The van der Waals surface area contributed by atoms with Crippen LogP contribution in [0.2, 0.25) is 0 Å². The summed E-state index contributed by atoms with van der Waals surface area (Å²) in [5, 5.41) is 20.1. The lowest BCUT2D eigenvalue weighted by Gasteiger charge is -2.23. The molecule has 2 amide bonds. The molecule has 0 radical (unpaired) electrons. The molecule has 0 saturated heterocycles. The van der Waals surface area contributed by atoms with Crippen molar-refractivity contribution in [2.24, 2.45) is 0 Å². The molecule has 3 N–H and O–H groups in total. The highest BCUT2D eigenvalue weighted by atomic mass is 16.4. The predicted octanol–water partition coefficient (Wildman–Crippen LogP) is 0.590. The molecular formula is C14H18N2O4. The van der Waals surface area contributed by atoms with Crippen LogP contribution in [0.15, 0.2) is 24.3 Å². The van der Waals surface area contributed by atoms with Gasteiger partial charge in [-0.15, -0.1) is 0 Å². The smallest absolute Gasteiger partial charge is 0.328 e. The second-order valence-electron chi connectivity index (χ2n) is 4.82. The molecule has 0 aliphatic carbocycles. The quantitative estimate of drug-likeness (QED) is 0.755. The molecule has 0 bridgehead atoms. The highest BCUT2D eigenvalue weighted by Gasteiger charge is 2.24. The number of fused-ring (bicyclic) bond motifs is 1. The number of benzene rings is 1. The molecule has 1 heterocycles. The molecule has 1 atom stereocenters. The van der Waals surface area contributed by atoms with Crippen LogP contribution in [0.25, 0.3) is 0 Å². The fourth-order valence-electron chi connectivity index (χ4n) is 2.30. The van der Waals surface area contributed by atoms with Gasteiger partial charge in [0.15, 0.2) is 6.04 Å². The summed E-state index contributed by atoms with van der Waals surface area (Å²) in [4.78, 5) is 24.5. The fourth-order valence-corrected chi connectivity index (χ4v) is 2.30. The maximum Gasteiger partial charge on any atom is 0.328 e. The van der Waals surface area contributed by atoms with Crippen LogP contribution in [0, 0.1) is 0 Å². The Morgan fingerprint density at radius 3 is 2.65 bits per heavy atom.